The summed E-state index contributed by atoms with van der Waals surface area (Å²) >= 11 is 1.38. The highest BCUT2D eigenvalue weighted by molar-refractivity contribution is 7.20. The number of fused-ring (bicyclic) bond motifs is 1. The number of carbonyl (C=O) groups excluding carboxylic acids is 1. The molecule has 0 saturated heterocycles. The minimum Gasteiger partial charge on any atom is -0.456 e. The van der Waals surface area contributed by atoms with Gasteiger partial charge in [0.2, 0.25) is 0 Å². The second-order valence-corrected chi connectivity index (χ2v) is 7.07. The van der Waals surface area contributed by atoms with Crippen LogP contribution in [0.15, 0.2) is 40.9 Å². The van der Waals surface area contributed by atoms with E-state index in [1.165, 1.54) is 11.3 Å². The Hall–Kier alpha value is -2.93. The summed E-state index contributed by atoms with van der Waals surface area (Å²) in [6.45, 7) is 5.73. The number of thiophene rings is 1. The molecule has 6 nitrogen and oxygen atoms in total. The van der Waals surface area contributed by atoms with Gasteiger partial charge in [0.05, 0.1) is 22.6 Å². The van der Waals surface area contributed by atoms with Crippen LogP contribution in [0.2, 0.25) is 0 Å². The fraction of sp³-hybridized carbons (Fsp3) is 0.211. The van der Waals surface area contributed by atoms with Crippen LogP contribution in [0.25, 0.3) is 15.9 Å². The van der Waals surface area contributed by atoms with Crippen molar-refractivity contribution in [3.05, 3.63) is 64.0 Å². The van der Waals surface area contributed by atoms with E-state index in [0.717, 1.165) is 32.9 Å². The second-order valence-electron chi connectivity index (χ2n) is 6.04. The molecule has 0 fully saturated rings. The SMILES string of the molecule is Cc1noc(C)c1COC(=O)c1cc2c(C)nn(-c3ccccc3)c2s1. The Morgan fingerprint density at radius 1 is 1.19 bits per heavy atom. The van der Waals surface area contributed by atoms with E-state index in [9.17, 15) is 4.79 Å². The molecule has 0 aliphatic rings. The molecule has 0 amide bonds. The zero-order valence-electron chi connectivity index (χ0n) is 14.6. The van der Waals surface area contributed by atoms with E-state index in [-0.39, 0.29) is 12.6 Å². The summed E-state index contributed by atoms with van der Waals surface area (Å²) in [5, 5.41) is 9.42. The molecule has 3 aromatic heterocycles. The molecule has 0 aliphatic carbocycles. The van der Waals surface area contributed by atoms with Crippen LogP contribution in [0.3, 0.4) is 0 Å². The molecule has 0 saturated carbocycles. The van der Waals surface area contributed by atoms with E-state index in [4.69, 9.17) is 9.26 Å². The van der Waals surface area contributed by atoms with Crippen LogP contribution in [0.1, 0.15) is 32.4 Å². The molecular weight excluding hydrogens is 350 g/mol. The molecule has 0 radical (unpaired) electrons. The van der Waals surface area contributed by atoms with Gasteiger partial charge in [-0.1, -0.05) is 23.4 Å². The molecule has 26 heavy (non-hydrogen) atoms. The maximum atomic E-state index is 12.5. The van der Waals surface area contributed by atoms with Crippen molar-refractivity contribution < 1.29 is 14.1 Å². The van der Waals surface area contributed by atoms with Gasteiger partial charge in [-0.05, 0) is 39.0 Å². The van der Waals surface area contributed by atoms with Crippen LogP contribution >= 0.6 is 11.3 Å². The zero-order valence-corrected chi connectivity index (χ0v) is 15.5. The van der Waals surface area contributed by atoms with Gasteiger partial charge in [0.15, 0.2) is 0 Å². The van der Waals surface area contributed by atoms with Gasteiger partial charge in [-0.2, -0.15) is 5.10 Å². The quantitative estimate of drug-likeness (QED) is 0.501. The average Bonchev–Trinajstić information content (AvgIpc) is 3.30. The normalized spacial score (nSPS) is 11.2. The van der Waals surface area contributed by atoms with E-state index < -0.39 is 0 Å². The lowest BCUT2D eigenvalue weighted by atomic mass is 10.2. The third-order valence-electron chi connectivity index (χ3n) is 4.28. The van der Waals surface area contributed by atoms with Gasteiger partial charge in [-0.25, -0.2) is 9.48 Å². The van der Waals surface area contributed by atoms with E-state index in [1.54, 1.807) is 6.92 Å². The van der Waals surface area contributed by atoms with Crippen molar-refractivity contribution in [2.45, 2.75) is 27.4 Å². The van der Waals surface area contributed by atoms with E-state index in [0.29, 0.717) is 10.6 Å². The molecule has 7 heteroatoms. The molecular formula is C19H17N3O3S. The first-order chi connectivity index (χ1) is 12.5. The Morgan fingerprint density at radius 2 is 1.96 bits per heavy atom. The molecule has 0 atom stereocenters. The van der Waals surface area contributed by atoms with Gasteiger partial charge in [-0.3, -0.25) is 0 Å². The maximum Gasteiger partial charge on any atom is 0.348 e. The number of esters is 1. The first-order valence-corrected chi connectivity index (χ1v) is 8.99. The number of aryl methyl sites for hydroxylation is 3. The van der Waals surface area contributed by atoms with Crippen molar-refractivity contribution in [2.24, 2.45) is 0 Å². The van der Waals surface area contributed by atoms with Gasteiger partial charge in [0.1, 0.15) is 22.1 Å². The Morgan fingerprint density at radius 3 is 2.65 bits per heavy atom. The number of nitrogens with zero attached hydrogens (tertiary/aromatic N) is 3. The predicted octanol–water partition coefficient (Wildman–Crippen LogP) is 4.36. The molecule has 0 spiro atoms. The first kappa shape index (κ1) is 16.5. The van der Waals surface area contributed by atoms with E-state index in [2.05, 4.69) is 10.3 Å². The number of hydrogen-bond acceptors (Lipinski definition) is 6. The van der Waals surface area contributed by atoms with E-state index in [1.807, 2.05) is 54.9 Å². The maximum absolute atomic E-state index is 12.5. The predicted molar refractivity (Wildman–Crippen MR) is 98.8 cm³/mol. The lowest BCUT2D eigenvalue weighted by molar-refractivity contribution is 0.0477. The smallest absolute Gasteiger partial charge is 0.348 e. The van der Waals surface area contributed by atoms with Gasteiger partial charge >= 0.3 is 5.97 Å². The molecule has 1 aromatic carbocycles. The number of para-hydroxylation sites is 1. The monoisotopic (exact) mass is 367 g/mol. The first-order valence-electron chi connectivity index (χ1n) is 8.18. The largest absolute Gasteiger partial charge is 0.456 e. The summed E-state index contributed by atoms with van der Waals surface area (Å²) in [4.78, 5) is 14.0. The summed E-state index contributed by atoms with van der Waals surface area (Å²) in [7, 11) is 0. The highest BCUT2D eigenvalue weighted by Gasteiger charge is 2.19. The van der Waals surface area contributed by atoms with Crippen LogP contribution in [-0.4, -0.2) is 20.9 Å². The molecule has 0 N–H and O–H groups in total. The summed E-state index contributed by atoms with van der Waals surface area (Å²) in [6.07, 6.45) is 0. The van der Waals surface area contributed by atoms with Crippen molar-refractivity contribution in [3.8, 4) is 5.69 Å². The number of rotatable bonds is 4. The van der Waals surface area contributed by atoms with Crippen LogP contribution in [0, 0.1) is 20.8 Å². The Balaban J connectivity index is 1.62. The van der Waals surface area contributed by atoms with Gasteiger partial charge in [0, 0.05) is 5.39 Å². The summed E-state index contributed by atoms with van der Waals surface area (Å²) in [6, 6.07) is 11.7. The Bertz CT molecular complexity index is 1070. The number of aromatic nitrogens is 3. The molecule has 132 valence electrons. The van der Waals surface area contributed by atoms with Crippen molar-refractivity contribution >= 4 is 27.5 Å². The molecule has 0 unspecified atom stereocenters. The lowest BCUT2D eigenvalue weighted by Gasteiger charge is -2.03. The molecule has 3 heterocycles. The third kappa shape index (κ3) is 2.80. The summed E-state index contributed by atoms with van der Waals surface area (Å²) < 4.78 is 12.4. The minimum atomic E-state index is -0.356. The number of ether oxygens (including phenoxy) is 1. The zero-order chi connectivity index (χ0) is 18.3. The third-order valence-corrected chi connectivity index (χ3v) is 5.37. The second kappa shape index (κ2) is 6.42. The van der Waals surface area contributed by atoms with Crippen molar-refractivity contribution in [1.82, 2.24) is 14.9 Å². The molecule has 0 aliphatic heterocycles. The van der Waals surface area contributed by atoms with Gasteiger partial charge in [0.25, 0.3) is 0 Å². The number of hydrogen-bond donors (Lipinski definition) is 0. The molecule has 0 bridgehead atoms. The van der Waals surface area contributed by atoms with Gasteiger partial charge in [-0.15, -0.1) is 11.3 Å². The van der Waals surface area contributed by atoms with Crippen molar-refractivity contribution in [1.29, 1.82) is 0 Å². The Kier molecular flexibility index (Phi) is 4.08. The van der Waals surface area contributed by atoms with Gasteiger partial charge < -0.3 is 9.26 Å². The highest BCUT2D eigenvalue weighted by Crippen LogP contribution is 2.31. The minimum absolute atomic E-state index is 0.151. The van der Waals surface area contributed by atoms with Crippen LogP contribution in [-0.2, 0) is 11.3 Å². The summed E-state index contributed by atoms with van der Waals surface area (Å²) in [5.41, 5.74) is 3.39. The number of carbonyl (C=O) groups is 1. The van der Waals surface area contributed by atoms with E-state index >= 15 is 0 Å². The van der Waals surface area contributed by atoms with Crippen molar-refractivity contribution in [2.75, 3.05) is 0 Å². The lowest BCUT2D eigenvalue weighted by Crippen LogP contribution is -2.04. The summed E-state index contributed by atoms with van der Waals surface area (Å²) in [5.74, 6) is 0.312. The van der Waals surface area contributed by atoms with Crippen LogP contribution in [0.5, 0.6) is 0 Å². The fourth-order valence-electron chi connectivity index (χ4n) is 2.81. The molecule has 4 aromatic rings. The highest BCUT2D eigenvalue weighted by atomic mass is 32.1. The molecule has 4 rings (SSSR count). The average molecular weight is 367 g/mol. The topological polar surface area (TPSA) is 70.2 Å². The fourth-order valence-corrected chi connectivity index (χ4v) is 3.89. The number of benzene rings is 1. The van der Waals surface area contributed by atoms with Crippen molar-refractivity contribution in [3.63, 3.8) is 0 Å². The van der Waals surface area contributed by atoms with Crippen LogP contribution < -0.4 is 0 Å². The van der Waals surface area contributed by atoms with Crippen LogP contribution in [0.4, 0.5) is 0 Å². The Labute approximate surface area is 154 Å². The standard InChI is InChI=1S/C19H17N3O3S/c1-11-15-9-17(19(23)24-10-16-12(2)21-25-13(16)3)26-18(15)22(20-11)14-7-5-4-6-8-14/h4-9H,10H2,1-3H3.